The topological polar surface area (TPSA) is 29.1 Å². The van der Waals surface area contributed by atoms with Gasteiger partial charge in [0.1, 0.15) is 0 Å². The molecule has 0 saturated heterocycles. The van der Waals surface area contributed by atoms with E-state index >= 15 is 0 Å². The van der Waals surface area contributed by atoms with Crippen LogP contribution < -0.4 is 29.3 Å². The van der Waals surface area contributed by atoms with Crippen LogP contribution in [0.15, 0.2) is 0 Å². The molecule has 4 heteroatoms. The summed E-state index contributed by atoms with van der Waals surface area (Å²) in [5.41, 5.74) is 1.17. The fraction of sp³-hybridized carbons (Fsp3) is 0.971. The number of nitrogens with zero attached hydrogens (tertiary/aromatic N) is 1. The van der Waals surface area contributed by atoms with E-state index in [1.807, 2.05) is 0 Å². The first kappa shape index (κ1) is 33.7. The third-order valence-corrected chi connectivity index (χ3v) is 13.0. The van der Waals surface area contributed by atoms with Crippen molar-refractivity contribution in [3.63, 3.8) is 0 Å². The van der Waals surface area contributed by atoms with Crippen LogP contribution in [0.2, 0.25) is 0 Å². The van der Waals surface area contributed by atoms with Gasteiger partial charge in [0.05, 0.1) is 27.2 Å². The van der Waals surface area contributed by atoms with E-state index in [0.717, 1.165) is 66.4 Å². The molecule has 4 aliphatic rings. The minimum absolute atomic E-state index is 0. The van der Waals surface area contributed by atoms with Crippen molar-refractivity contribution in [2.75, 3.05) is 33.7 Å². The van der Waals surface area contributed by atoms with Crippen LogP contribution in [-0.4, -0.2) is 44.1 Å². The van der Waals surface area contributed by atoms with Crippen LogP contribution in [0.5, 0.6) is 0 Å². The molecule has 0 aromatic heterocycles. The van der Waals surface area contributed by atoms with Crippen LogP contribution in [0.3, 0.4) is 0 Å². The largest absolute Gasteiger partial charge is 1.00 e. The maximum atomic E-state index is 12.7. The molecule has 1 amide bonds. The number of halogens is 1. The maximum absolute atomic E-state index is 12.7. The summed E-state index contributed by atoms with van der Waals surface area (Å²) in [4.78, 5) is 12.7. The summed E-state index contributed by atoms with van der Waals surface area (Å²) >= 11 is 0. The first-order valence-electron chi connectivity index (χ1n) is 17.2. The van der Waals surface area contributed by atoms with E-state index in [-0.39, 0.29) is 29.9 Å². The van der Waals surface area contributed by atoms with Gasteiger partial charge in [0.25, 0.3) is 0 Å². The number of fused-ring (bicyclic) bond motifs is 5. The fourth-order valence-electron chi connectivity index (χ4n) is 10.7. The molecule has 4 aliphatic carbocycles. The normalized spacial score (nSPS) is 36.7. The summed E-state index contributed by atoms with van der Waals surface area (Å²) in [6, 6.07) is 0. The number of carbonyl (C=O) groups excluding carboxylic acids is 1. The SMILES string of the molecule is CCCCCC[N+](C)(C)CCCNC(=O)CC[C@@H](C)[C@H]1CC[C@H]2[C@@H]3CCC4CCCC[C@]4(C)[C@H]3CC[C@]12C.[I-]. The van der Waals surface area contributed by atoms with Gasteiger partial charge in [0.2, 0.25) is 5.91 Å². The first-order valence-corrected chi connectivity index (χ1v) is 17.2. The van der Waals surface area contributed by atoms with Gasteiger partial charge in [-0.2, -0.15) is 0 Å². The number of hydrogen-bond acceptors (Lipinski definition) is 1. The Balaban J connectivity index is 0.00000420. The molecule has 8 atom stereocenters. The lowest BCUT2D eigenvalue weighted by molar-refractivity contribution is -0.890. The monoisotopic (exact) mass is 656 g/mol. The molecule has 4 rings (SSSR count). The van der Waals surface area contributed by atoms with E-state index in [4.69, 9.17) is 0 Å². The zero-order valence-corrected chi connectivity index (χ0v) is 29.0. The van der Waals surface area contributed by atoms with E-state index in [9.17, 15) is 4.79 Å². The van der Waals surface area contributed by atoms with Gasteiger partial charge in [-0.3, -0.25) is 4.79 Å². The standard InChI is InChI=1S/C35H64N2O.HI/c1-7-8-9-12-25-37(5,6)26-13-24-36-33(38)20-15-27(2)30-18-19-31-29-17-16-28-14-10-11-22-34(28,3)32(29)21-23-35(30,31)4;/h27-32H,7-26H2,1-6H3;1H/t27-,28?,29+,30-,31+,32+,34+,35-;/m1./s1. The van der Waals surface area contributed by atoms with Crippen molar-refractivity contribution < 1.29 is 33.3 Å². The molecule has 1 unspecified atom stereocenters. The molecule has 4 fully saturated rings. The summed E-state index contributed by atoms with van der Waals surface area (Å²) in [7, 11) is 4.69. The third-order valence-electron chi connectivity index (χ3n) is 13.0. The highest BCUT2D eigenvalue weighted by Gasteiger charge is 2.60. The van der Waals surface area contributed by atoms with Crippen molar-refractivity contribution in [2.24, 2.45) is 46.3 Å². The Bertz CT molecular complexity index is 770. The smallest absolute Gasteiger partial charge is 0.220 e. The molecule has 0 spiro atoms. The van der Waals surface area contributed by atoms with Gasteiger partial charge in [0.15, 0.2) is 0 Å². The van der Waals surface area contributed by atoms with Gasteiger partial charge in [-0.1, -0.05) is 53.4 Å². The van der Waals surface area contributed by atoms with Gasteiger partial charge in [0, 0.05) is 19.4 Å². The quantitative estimate of drug-likeness (QED) is 0.156. The predicted molar refractivity (Wildman–Crippen MR) is 162 cm³/mol. The lowest BCUT2D eigenvalue weighted by Gasteiger charge is -2.61. The minimum atomic E-state index is 0. The van der Waals surface area contributed by atoms with Gasteiger partial charge in [-0.05, 0) is 117 Å². The second-order valence-electron chi connectivity index (χ2n) is 15.8. The minimum Gasteiger partial charge on any atom is -1.00 e. The van der Waals surface area contributed by atoms with Crippen LogP contribution in [0.25, 0.3) is 0 Å². The highest BCUT2D eigenvalue weighted by Crippen LogP contribution is 2.68. The fourth-order valence-corrected chi connectivity index (χ4v) is 10.7. The summed E-state index contributed by atoms with van der Waals surface area (Å²) in [6.45, 7) is 13.4. The maximum Gasteiger partial charge on any atom is 0.220 e. The van der Waals surface area contributed by atoms with Crippen molar-refractivity contribution in [1.82, 2.24) is 5.32 Å². The number of unbranched alkanes of at least 4 members (excludes halogenated alkanes) is 3. The second kappa shape index (κ2) is 14.6. The molecule has 0 radical (unpaired) electrons. The van der Waals surface area contributed by atoms with E-state index in [0.29, 0.717) is 16.7 Å². The molecule has 39 heavy (non-hydrogen) atoms. The summed E-state index contributed by atoms with van der Waals surface area (Å²) in [5, 5.41) is 3.26. The van der Waals surface area contributed by atoms with Gasteiger partial charge in [-0.25, -0.2) is 0 Å². The van der Waals surface area contributed by atoms with Crippen LogP contribution in [0.4, 0.5) is 0 Å². The van der Waals surface area contributed by atoms with Crippen molar-refractivity contribution in [1.29, 1.82) is 0 Å². The lowest BCUT2D eigenvalue weighted by Crippen LogP contribution is -3.00. The van der Waals surface area contributed by atoms with Crippen LogP contribution in [-0.2, 0) is 4.79 Å². The zero-order chi connectivity index (χ0) is 27.4. The Morgan fingerprint density at radius 2 is 1.62 bits per heavy atom. The molecule has 0 bridgehead atoms. The predicted octanol–water partition coefficient (Wildman–Crippen LogP) is 5.62. The van der Waals surface area contributed by atoms with E-state index in [1.165, 1.54) is 96.4 Å². The molecule has 0 aromatic rings. The van der Waals surface area contributed by atoms with Crippen LogP contribution in [0.1, 0.15) is 137 Å². The highest BCUT2D eigenvalue weighted by molar-refractivity contribution is 5.75. The molecule has 1 N–H and O–H groups in total. The van der Waals surface area contributed by atoms with Gasteiger partial charge >= 0.3 is 0 Å². The van der Waals surface area contributed by atoms with Crippen molar-refractivity contribution in [3.8, 4) is 0 Å². The molecule has 0 heterocycles. The van der Waals surface area contributed by atoms with Crippen molar-refractivity contribution in [2.45, 2.75) is 137 Å². The number of carbonyl (C=O) groups is 1. The van der Waals surface area contributed by atoms with E-state index in [2.05, 4.69) is 47.1 Å². The Kier molecular flexibility index (Phi) is 12.6. The molecular weight excluding hydrogens is 591 g/mol. The van der Waals surface area contributed by atoms with Gasteiger partial charge < -0.3 is 33.8 Å². The number of rotatable bonds is 13. The number of nitrogens with one attached hydrogen (secondary N) is 1. The lowest BCUT2D eigenvalue weighted by atomic mass is 9.44. The third kappa shape index (κ3) is 7.77. The summed E-state index contributed by atoms with van der Waals surface area (Å²) in [6.07, 6.45) is 23.1. The highest BCUT2D eigenvalue weighted by atomic mass is 127. The molecule has 0 aromatic carbocycles. The Morgan fingerprint density at radius 3 is 2.38 bits per heavy atom. The number of amides is 1. The Hall–Kier alpha value is 0.160. The Morgan fingerprint density at radius 1 is 0.872 bits per heavy atom. The number of quaternary nitrogens is 1. The van der Waals surface area contributed by atoms with Crippen molar-refractivity contribution >= 4 is 5.91 Å². The molecular formula is C35H65IN2O. The molecule has 3 nitrogen and oxygen atoms in total. The van der Waals surface area contributed by atoms with Gasteiger partial charge in [-0.15, -0.1) is 0 Å². The Labute approximate surface area is 260 Å². The van der Waals surface area contributed by atoms with E-state index < -0.39 is 0 Å². The average Bonchev–Trinajstić information content (AvgIpc) is 3.25. The van der Waals surface area contributed by atoms with Crippen LogP contribution in [0, 0.1) is 46.3 Å². The summed E-state index contributed by atoms with van der Waals surface area (Å²) in [5.74, 6) is 5.74. The molecule has 0 aliphatic heterocycles. The number of hydrogen-bond donors (Lipinski definition) is 1. The molecule has 228 valence electrons. The zero-order valence-electron chi connectivity index (χ0n) is 26.8. The van der Waals surface area contributed by atoms with E-state index in [1.54, 1.807) is 0 Å². The molecule has 4 saturated carbocycles. The summed E-state index contributed by atoms with van der Waals surface area (Å²) < 4.78 is 1.08. The second-order valence-corrected chi connectivity index (χ2v) is 15.8. The first-order chi connectivity index (χ1) is 18.1. The van der Waals surface area contributed by atoms with Crippen molar-refractivity contribution in [3.05, 3.63) is 0 Å². The average molecular weight is 657 g/mol. The van der Waals surface area contributed by atoms with Crippen LogP contribution >= 0.6 is 0 Å².